The number of para-hydroxylation sites is 1. The third-order valence-electron chi connectivity index (χ3n) is 5.62. The highest BCUT2D eigenvalue weighted by molar-refractivity contribution is 7.99. The quantitative estimate of drug-likeness (QED) is 0.205. The fraction of sp³-hybridized carbons (Fsp3) is 0.280. The molecule has 5 rings (SSSR count). The molecule has 1 aliphatic rings. The van der Waals surface area contributed by atoms with Crippen LogP contribution < -0.4 is 15.0 Å². The number of rotatable bonds is 7. The number of ether oxygens (including phenoxy) is 2. The lowest BCUT2D eigenvalue weighted by atomic mass is 9.97. The number of aryl methyl sites for hydroxylation is 2. The molecule has 0 saturated heterocycles. The summed E-state index contributed by atoms with van der Waals surface area (Å²) in [7, 11) is 1.64. The zero-order valence-corrected chi connectivity index (χ0v) is 19.5. The van der Waals surface area contributed by atoms with Gasteiger partial charge < -0.3 is 9.47 Å². The van der Waals surface area contributed by atoms with Crippen molar-refractivity contribution in [2.75, 3.05) is 19.5 Å². The van der Waals surface area contributed by atoms with Crippen LogP contribution in [0.4, 0.5) is 0 Å². The zero-order chi connectivity index (χ0) is 21.9. The Morgan fingerprint density at radius 2 is 1.81 bits per heavy atom. The minimum absolute atomic E-state index is 0.0195. The maximum atomic E-state index is 13.7. The first-order valence-corrected chi connectivity index (χ1v) is 12.6. The Balaban J connectivity index is 1.51. The Hall–Kier alpha value is -2.77. The van der Waals surface area contributed by atoms with Crippen LogP contribution in [0.15, 0.2) is 64.5 Å². The van der Waals surface area contributed by atoms with E-state index in [2.05, 4.69) is 0 Å². The van der Waals surface area contributed by atoms with E-state index in [1.54, 1.807) is 34.8 Å². The summed E-state index contributed by atoms with van der Waals surface area (Å²) in [4.78, 5) is 20.9. The largest absolute Gasteiger partial charge is 0.497 e. The summed E-state index contributed by atoms with van der Waals surface area (Å²) in [6, 6.07) is 17.3. The first-order valence-electron chi connectivity index (χ1n) is 10.8. The molecule has 2 aromatic heterocycles. The van der Waals surface area contributed by atoms with Crippen molar-refractivity contribution in [3.63, 3.8) is 0 Å². The van der Waals surface area contributed by atoms with Gasteiger partial charge in [-0.25, -0.2) is 4.98 Å². The summed E-state index contributed by atoms with van der Waals surface area (Å²) in [5.41, 5.74) is 2.03. The SMILES string of the molecule is COc1ccc(-n2c(SCCOc3ccccc3)nc3sc4c(c3c2=O)CCCC4)cc1. The van der Waals surface area contributed by atoms with Gasteiger partial charge in [0.15, 0.2) is 5.16 Å². The Kier molecular flexibility index (Phi) is 6.19. The highest BCUT2D eigenvalue weighted by Gasteiger charge is 2.23. The summed E-state index contributed by atoms with van der Waals surface area (Å²) in [6.45, 7) is 0.534. The molecule has 1 aliphatic carbocycles. The summed E-state index contributed by atoms with van der Waals surface area (Å²) < 4.78 is 12.9. The van der Waals surface area contributed by atoms with Gasteiger partial charge in [0.1, 0.15) is 16.3 Å². The second-order valence-corrected chi connectivity index (χ2v) is 9.78. The molecule has 0 aliphatic heterocycles. The zero-order valence-electron chi connectivity index (χ0n) is 17.9. The van der Waals surface area contributed by atoms with Crippen LogP contribution in [0.5, 0.6) is 11.5 Å². The van der Waals surface area contributed by atoms with E-state index >= 15 is 0 Å². The van der Waals surface area contributed by atoms with Crippen molar-refractivity contribution in [2.45, 2.75) is 30.8 Å². The van der Waals surface area contributed by atoms with Gasteiger partial charge in [0.05, 0.1) is 24.8 Å². The highest BCUT2D eigenvalue weighted by Crippen LogP contribution is 2.35. The average molecular weight is 465 g/mol. The smallest absolute Gasteiger partial charge is 0.267 e. The number of hydrogen-bond donors (Lipinski definition) is 0. The maximum absolute atomic E-state index is 13.7. The summed E-state index contributed by atoms with van der Waals surface area (Å²) >= 11 is 3.23. The van der Waals surface area contributed by atoms with Crippen LogP contribution in [0.25, 0.3) is 15.9 Å². The molecule has 32 heavy (non-hydrogen) atoms. The lowest BCUT2D eigenvalue weighted by Crippen LogP contribution is -2.22. The summed E-state index contributed by atoms with van der Waals surface area (Å²) in [6.07, 6.45) is 4.33. The van der Waals surface area contributed by atoms with Crippen LogP contribution >= 0.6 is 23.1 Å². The van der Waals surface area contributed by atoms with E-state index in [0.717, 1.165) is 46.7 Å². The molecule has 164 valence electrons. The second kappa shape index (κ2) is 9.38. The minimum atomic E-state index is 0.0195. The molecular formula is C25H24N2O3S2. The Morgan fingerprint density at radius 3 is 2.59 bits per heavy atom. The number of fused-ring (bicyclic) bond motifs is 3. The van der Waals surface area contributed by atoms with Gasteiger partial charge in [0.25, 0.3) is 5.56 Å². The Morgan fingerprint density at radius 1 is 1.03 bits per heavy atom. The Labute approximate surface area is 195 Å². The standard InChI is InChI=1S/C25H24N2O3S2/c1-29-18-13-11-17(12-14-18)27-24(28)22-20-9-5-6-10-21(20)32-23(22)26-25(27)31-16-15-30-19-7-3-2-4-8-19/h2-4,7-8,11-14H,5-6,9-10,15-16H2,1H3. The second-order valence-electron chi connectivity index (χ2n) is 7.63. The number of methoxy groups -OCH3 is 1. The molecule has 0 N–H and O–H groups in total. The van der Waals surface area contributed by atoms with Crippen molar-refractivity contribution in [3.05, 3.63) is 75.4 Å². The summed E-state index contributed by atoms with van der Waals surface area (Å²) in [5, 5.41) is 1.49. The van der Waals surface area contributed by atoms with Gasteiger partial charge in [0.2, 0.25) is 0 Å². The maximum Gasteiger partial charge on any atom is 0.267 e. The molecule has 0 spiro atoms. The van der Waals surface area contributed by atoms with Gasteiger partial charge in [-0.2, -0.15) is 0 Å². The third-order valence-corrected chi connectivity index (χ3v) is 7.70. The van der Waals surface area contributed by atoms with Crippen LogP contribution in [-0.4, -0.2) is 29.0 Å². The van der Waals surface area contributed by atoms with Crippen molar-refractivity contribution in [3.8, 4) is 17.2 Å². The van der Waals surface area contributed by atoms with E-state index < -0.39 is 0 Å². The number of hydrogen-bond acceptors (Lipinski definition) is 6. The topological polar surface area (TPSA) is 53.4 Å². The van der Waals surface area contributed by atoms with Crippen LogP contribution in [0.1, 0.15) is 23.3 Å². The number of nitrogens with zero attached hydrogens (tertiary/aromatic N) is 2. The van der Waals surface area contributed by atoms with E-state index in [1.165, 1.54) is 16.9 Å². The van der Waals surface area contributed by atoms with Crippen LogP contribution in [0, 0.1) is 0 Å². The lowest BCUT2D eigenvalue weighted by Gasteiger charge is -2.14. The first-order chi connectivity index (χ1) is 15.7. The van der Waals surface area contributed by atoms with Crippen molar-refractivity contribution >= 4 is 33.3 Å². The molecule has 0 fully saturated rings. The molecule has 4 aromatic rings. The van der Waals surface area contributed by atoms with E-state index in [1.807, 2.05) is 54.6 Å². The van der Waals surface area contributed by atoms with Gasteiger partial charge in [-0.05, 0) is 67.6 Å². The third kappa shape index (κ3) is 4.14. The molecule has 0 bridgehead atoms. The molecule has 5 nitrogen and oxygen atoms in total. The predicted molar refractivity (Wildman–Crippen MR) is 131 cm³/mol. The van der Waals surface area contributed by atoms with Gasteiger partial charge >= 0.3 is 0 Å². The molecule has 0 unspecified atom stereocenters. The monoisotopic (exact) mass is 464 g/mol. The average Bonchev–Trinajstić information content (AvgIpc) is 3.21. The Bertz CT molecular complexity index is 1280. The molecule has 2 heterocycles. The van der Waals surface area contributed by atoms with Crippen molar-refractivity contribution < 1.29 is 9.47 Å². The van der Waals surface area contributed by atoms with Crippen molar-refractivity contribution in [1.29, 1.82) is 0 Å². The molecular weight excluding hydrogens is 440 g/mol. The lowest BCUT2D eigenvalue weighted by molar-refractivity contribution is 0.344. The fourth-order valence-corrected chi connectivity index (χ4v) is 6.18. The van der Waals surface area contributed by atoms with Crippen LogP contribution in [0.3, 0.4) is 0 Å². The molecule has 0 atom stereocenters. The van der Waals surface area contributed by atoms with Gasteiger partial charge in [-0.3, -0.25) is 9.36 Å². The molecule has 7 heteroatoms. The molecule has 0 radical (unpaired) electrons. The number of aromatic nitrogens is 2. The van der Waals surface area contributed by atoms with Crippen LogP contribution in [-0.2, 0) is 12.8 Å². The molecule has 2 aromatic carbocycles. The first kappa shape index (κ1) is 21.1. The van der Waals surface area contributed by atoms with E-state index in [9.17, 15) is 4.79 Å². The fourth-order valence-electron chi connectivity index (χ4n) is 4.05. The number of thioether (sulfide) groups is 1. The van der Waals surface area contributed by atoms with E-state index in [4.69, 9.17) is 14.5 Å². The van der Waals surface area contributed by atoms with E-state index in [0.29, 0.717) is 17.5 Å². The van der Waals surface area contributed by atoms with Crippen molar-refractivity contribution in [1.82, 2.24) is 9.55 Å². The number of thiophene rings is 1. The van der Waals surface area contributed by atoms with Crippen molar-refractivity contribution in [2.24, 2.45) is 0 Å². The van der Waals surface area contributed by atoms with E-state index in [-0.39, 0.29) is 5.56 Å². The summed E-state index contributed by atoms with van der Waals surface area (Å²) in [5.74, 6) is 2.29. The minimum Gasteiger partial charge on any atom is -0.497 e. The molecule has 0 saturated carbocycles. The van der Waals surface area contributed by atoms with Gasteiger partial charge in [-0.15, -0.1) is 11.3 Å². The van der Waals surface area contributed by atoms with Gasteiger partial charge in [-0.1, -0.05) is 30.0 Å². The highest BCUT2D eigenvalue weighted by atomic mass is 32.2. The normalized spacial score (nSPS) is 13.2. The predicted octanol–water partition coefficient (Wildman–Crippen LogP) is 5.51. The van der Waals surface area contributed by atoms with Crippen LogP contribution in [0.2, 0.25) is 0 Å². The van der Waals surface area contributed by atoms with Gasteiger partial charge in [0, 0.05) is 10.6 Å². The molecule has 0 amide bonds. The number of benzene rings is 2.